The molecular formula is C21H20BNO6. The number of methoxy groups -OCH3 is 3. The molecule has 7 nitrogen and oxygen atoms in total. The van der Waals surface area contributed by atoms with Crippen LogP contribution in [0, 0.1) is 0 Å². The molecule has 0 radical (unpaired) electrons. The summed E-state index contributed by atoms with van der Waals surface area (Å²) >= 11 is 0. The fraction of sp³-hybridized carbons (Fsp3) is 0.190. The van der Waals surface area contributed by atoms with Crippen LogP contribution in [0.25, 0.3) is 5.69 Å². The number of hydrogen-bond donors (Lipinski definition) is 1. The molecule has 4 rings (SSSR count). The predicted molar refractivity (Wildman–Crippen MR) is 108 cm³/mol. The van der Waals surface area contributed by atoms with Gasteiger partial charge in [0.1, 0.15) is 0 Å². The topological polar surface area (TPSA) is 79.2 Å². The summed E-state index contributed by atoms with van der Waals surface area (Å²) in [5.74, 6) is 1.10. The number of benzene rings is 2. The molecule has 0 aliphatic carbocycles. The second kappa shape index (κ2) is 7.65. The molecular weight excluding hydrogens is 373 g/mol. The normalized spacial score (nSPS) is 12.6. The van der Waals surface area contributed by atoms with Crippen LogP contribution >= 0.6 is 0 Å². The fourth-order valence-corrected chi connectivity index (χ4v) is 3.43. The van der Waals surface area contributed by atoms with E-state index in [1.807, 2.05) is 22.8 Å². The fourth-order valence-electron chi connectivity index (χ4n) is 3.43. The minimum absolute atomic E-state index is 0.174. The molecule has 29 heavy (non-hydrogen) atoms. The summed E-state index contributed by atoms with van der Waals surface area (Å²) in [5, 5.41) is 9.92. The van der Waals surface area contributed by atoms with Crippen molar-refractivity contribution in [3.8, 4) is 22.9 Å². The van der Waals surface area contributed by atoms with Gasteiger partial charge in [-0.25, -0.2) is 0 Å². The van der Waals surface area contributed by atoms with E-state index in [0.717, 1.165) is 16.7 Å². The Morgan fingerprint density at radius 1 is 1.03 bits per heavy atom. The number of carbonyl (C=O) groups excluding carboxylic acids is 1. The molecule has 0 saturated heterocycles. The number of aromatic nitrogens is 1. The highest BCUT2D eigenvalue weighted by Crippen LogP contribution is 2.38. The smallest absolute Gasteiger partial charge is 0.491 e. The number of hydrogen-bond acceptors (Lipinski definition) is 6. The lowest BCUT2D eigenvalue weighted by atomic mass is 9.79. The van der Waals surface area contributed by atoms with Gasteiger partial charge in [-0.05, 0) is 41.4 Å². The maximum atomic E-state index is 13.0. The third-order valence-corrected chi connectivity index (χ3v) is 4.97. The molecule has 0 fully saturated rings. The van der Waals surface area contributed by atoms with E-state index in [4.69, 9.17) is 18.9 Å². The quantitative estimate of drug-likeness (QED) is 0.510. The summed E-state index contributed by atoms with van der Waals surface area (Å²) in [4.78, 5) is 13.0. The largest absolute Gasteiger partial charge is 0.493 e. The van der Waals surface area contributed by atoms with Crippen molar-refractivity contribution in [1.82, 2.24) is 4.57 Å². The number of ketones is 1. The minimum atomic E-state index is -0.916. The van der Waals surface area contributed by atoms with Crippen molar-refractivity contribution in [3.63, 3.8) is 0 Å². The Morgan fingerprint density at radius 3 is 2.41 bits per heavy atom. The molecule has 1 aliphatic heterocycles. The Bertz CT molecular complexity index is 1050. The number of carbonyl (C=O) groups is 1. The van der Waals surface area contributed by atoms with E-state index in [9.17, 15) is 9.82 Å². The van der Waals surface area contributed by atoms with Gasteiger partial charge in [0.15, 0.2) is 17.3 Å². The van der Waals surface area contributed by atoms with E-state index in [2.05, 4.69) is 0 Å². The standard InChI is InChI=1S/C21H20BNO6/c1-26-18-8-15(9-19(27-2)21(18)28-3)20(24)13-6-7-23(11-13)16-5-4-14-12-29-22(25)17(14)10-16/h4-11,25H,12H2,1-3H3. The number of ether oxygens (including phenoxy) is 3. The third-order valence-electron chi connectivity index (χ3n) is 4.97. The molecule has 8 heteroatoms. The minimum Gasteiger partial charge on any atom is -0.493 e. The van der Waals surface area contributed by atoms with Crippen LogP contribution in [0.4, 0.5) is 0 Å². The van der Waals surface area contributed by atoms with Crippen LogP contribution in [-0.4, -0.2) is 43.8 Å². The zero-order valence-electron chi connectivity index (χ0n) is 16.3. The summed E-state index contributed by atoms with van der Waals surface area (Å²) in [6.07, 6.45) is 3.55. The molecule has 0 bridgehead atoms. The molecule has 2 heterocycles. The Hall–Kier alpha value is -3.23. The van der Waals surface area contributed by atoms with Crippen LogP contribution in [0.15, 0.2) is 48.8 Å². The lowest BCUT2D eigenvalue weighted by Gasteiger charge is -2.13. The lowest BCUT2D eigenvalue weighted by molar-refractivity contribution is 0.103. The van der Waals surface area contributed by atoms with Crippen molar-refractivity contribution >= 4 is 18.4 Å². The monoisotopic (exact) mass is 393 g/mol. The first-order chi connectivity index (χ1) is 14.0. The van der Waals surface area contributed by atoms with E-state index in [1.54, 1.807) is 30.6 Å². The van der Waals surface area contributed by atoms with Gasteiger partial charge in [-0.1, -0.05) is 6.07 Å². The van der Waals surface area contributed by atoms with Gasteiger partial charge in [0, 0.05) is 29.2 Å². The highest BCUT2D eigenvalue weighted by Gasteiger charge is 2.27. The Labute approximate surface area is 168 Å². The maximum absolute atomic E-state index is 13.0. The van der Waals surface area contributed by atoms with E-state index < -0.39 is 7.12 Å². The molecule has 3 aromatic rings. The van der Waals surface area contributed by atoms with E-state index >= 15 is 0 Å². The van der Waals surface area contributed by atoms with Gasteiger partial charge in [-0.2, -0.15) is 0 Å². The first kappa shape index (κ1) is 19.1. The number of nitrogens with zero attached hydrogens (tertiary/aromatic N) is 1. The predicted octanol–water partition coefficient (Wildman–Crippen LogP) is 1.95. The molecule has 1 aliphatic rings. The molecule has 0 spiro atoms. The van der Waals surface area contributed by atoms with Crippen molar-refractivity contribution in [3.05, 3.63) is 65.5 Å². The molecule has 2 aromatic carbocycles. The molecule has 0 amide bonds. The number of fused-ring (bicyclic) bond motifs is 1. The summed E-state index contributed by atoms with van der Waals surface area (Å²) < 4.78 is 23.0. The Balaban J connectivity index is 1.67. The molecule has 0 saturated carbocycles. The zero-order valence-corrected chi connectivity index (χ0v) is 16.3. The second-order valence-electron chi connectivity index (χ2n) is 6.60. The van der Waals surface area contributed by atoms with Gasteiger partial charge in [0.05, 0.1) is 27.9 Å². The van der Waals surface area contributed by atoms with Gasteiger partial charge in [-0.15, -0.1) is 0 Å². The van der Waals surface area contributed by atoms with Crippen molar-refractivity contribution in [2.45, 2.75) is 6.61 Å². The summed E-state index contributed by atoms with van der Waals surface area (Å²) in [6, 6.07) is 10.7. The van der Waals surface area contributed by atoms with Gasteiger partial charge >= 0.3 is 7.12 Å². The van der Waals surface area contributed by atoms with Crippen molar-refractivity contribution < 1.29 is 28.7 Å². The van der Waals surface area contributed by atoms with Gasteiger partial charge in [0.2, 0.25) is 5.75 Å². The van der Waals surface area contributed by atoms with Crippen molar-refractivity contribution in [1.29, 1.82) is 0 Å². The summed E-state index contributed by atoms with van der Waals surface area (Å²) in [7, 11) is 3.61. The first-order valence-electron chi connectivity index (χ1n) is 9.01. The zero-order chi connectivity index (χ0) is 20.5. The van der Waals surface area contributed by atoms with Gasteiger partial charge in [0.25, 0.3) is 0 Å². The second-order valence-corrected chi connectivity index (χ2v) is 6.60. The molecule has 148 valence electrons. The van der Waals surface area contributed by atoms with E-state index in [1.165, 1.54) is 21.3 Å². The SMILES string of the molecule is COc1cc(C(=O)c2ccn(-c3ccc4c(c3)B(O)OC4)c2)cc(OC)c1OC. The molecule has 0 atom stereocenters. The Kier molecular flexibility index (Phi) is 5.04. The van der Waals surface area contributed by atoms with Crippen LogP contribution in [-0.2, 0) is 11.3 Å². The average Bonchev–Trinajstić information content (AvgIpc) is 3.39. The van der Waals surface area contributed by atoms with Crippen LogP contribution in [0.2, 0.25) is 0 Å². The first-order valence-corrected chi connectivity index (χ1v) is 9.01. The lowest BCUT2D eigenvalue weighted by Crippen LogP contribution is -2.28. The molecule has 1 N–H and O–H groups in total. The highest BCUT2D eigenvalue weighted by atomic mass is 16.5. The highest BCUT2D eigenvalue weighted by molar-refractivity contribution is 6.61. The number of rotatable bonds is 6. The third kappa shape index (κ3) is 3.37. The van der Waals surface area contributed by atoms with E-state index in [-0.39, 0.29) is 5.78 Å². The molecule has 1 aromatic heterocycles. The van der Waals surface area contributed by atoms with Crippen LogP contribution < -0.4 is 19.7 Å². The van der Waals surface area contributed by atoms with Gasteiger partial charge in [-0.3, -0.25) is 4.79 Å². The summed E-state index contributed by atoms with van der Waals surface area (Å²) in [6.45, 7) is 0.396. The summed E-state index contributed by atoms with van der Waals surface area (Å²) in [5.41, 5.74) is 3.47. The average molecular weight is 393 g/mol. The molecule has 0 unspecified atom stereocenters. The van der Waals surface area contributed by atoms with Crippen LogP contribution in [0.5, 0.6) is 17.2 Å². The van der Waals surface area contributed by atoms with Crippen molar-refractivity contribution in [2.75, 3.05) is 21.3 Å². The Morgan fingerprint density at radius 2 is 1.76 bits per heavy atom. The maximum Gasteiger partial charge on any atom is 0.491 e. The van der Waals surface area contributed by atoms with Crippen molar-refractivity contribution in [2.24, 2.45) is 0 Å². The van der Waals surface area contributed by atoms with Crippen LogP contribution in [0.1, 0.15) is 21.5 Å². The van der Waals surface area contributed by atoms with Crippen LogP contribution in [0.3, 0.4) is 0 Å². The van der Waals surface area contributed by atoms with Gasteiger partial charge < -0.3 is 28.5 Å². The van der Waals surface area contributed by atoms with E-state index in [0.29, 0.717) is 35.0 Å².